The molecule has 5 heterocycles. The molecule has 0 radical (unpaired) electrons. The molecule has 2 bridgehead atoms. The number of benzene rings is 1. The summed E-state index contributed by atoms with van der Waals surface area (Å²) in [6, 6.07) is 6.32. The number of aryl methyl sites for hydroxylation is 2. The van der Waals surface area contributed by atoms with Crippen molar-refractivity contribution in [1.82, 2.24) is 20.0 Å². The lowest BCUT2D eigenvalue weighted by atomic mass is 9.76. The van der Waals surface area contributed by atoms with Crippen LogP contribution in [-0.2, 0) is 33.8 Å². The number of nitrogens with one attached hydrogen (secondary N) is 1. The molecule has 1 N–H and O–H groups in total. The van der Waals surface area contributed by atoms with Gasteiger partial charge in [-0.2, -0.15) is 5.10 Å². The second-order valence-corrected chi connectivity index (χ2v) is 9.41. The van der Waals surface area contributed by atoms with E-state index >= 15 is 0 Å². The van der Waals surface area contributed by atoms with E-state index in [0.717, 1.165) is 23.2 Å². The Kier molecular flexibility index (Phi) is 3.96. The Labute approximate surface area is 181 Å². The molecular weight excluding hydrogens is 392 g/mol. The number of hydrogen-bond acceptors (Lipinski definition) is 4. The van der Waals surface area contributed by atoms with E-state index in [-0.39, 0.29) is 17.9 Å². The van der Waals surface area contributed by atoms with Gasteiger partial charge in [-0.3, -0.25) is 14.7 Å². The first kappa shape index (κ1) is 18.8. The van der Waals surface area contributed by atoms with E-state index in [0.29, 0.717) is 26.2 Å². The highest BCUT2D eigenvalue weighted by molar-refractivity contribution is 5.93. The Morgan fingerprint density at radius 2 is 2.23 bits per heavy atom. The van der Waals surface area contributed by atoms with Gasteiger partial charge in [0, 0.05) is 37.3 Å². The number of aromatic nitrogens is 2. The van der Waals surface area contributed by atoms with Crippen molar-refractivity contribution in [3.8, 4) is 0 Å². The first-order valence-corrected chi connectivity index (χ1v) is 11.0. The van der Waals surface area contributed by atoms with Crippen LogP contribution in [0.1, 0.15) is 27.9 Å². The third-order valence-electron chi connectivity index (χ3n) is 7.44. The molecule has 160 valence electrons. The molecule has 6 rings (SSSR count). The molecule has 2 unspecified atom stereocenters. The van der Waals surface area contributed by atoms with Gasteiger partial charge in [-0.15, -0.1) is 0 Å². The number of hydrogen-bond donors (Lipinski definition) is 1. The van der Waals surface area contributed by atoms with Gasteiger partial charge in [0.2, 0.25) is 11.8 Å². The molecule has 7 heteroatoms. The summed E-state index contributed by atoms with van der Waals surface area (Å²) < 4.78 is 6.32. The summed E-state index contributed by atoms with van der Waals surface area (Å²) in [5.74, 6) is -0.831. The maximum atomic E-state index is 13.6. The summed E-state index contributed by atoms with van der Waals surface area (Å²) in [6.45, 7) is 6.37. The molecule has 1 spiro atoms. The topological polar surface area (TPSA) is 78.5 Å². The number of aromatic amines is 1. The van der Waals surface area contributed by atoms with Crippen LogP contribution in [0.5, 0.6) is 0 Å². The van der Waals surface area contributed by atoms with E-state index in [2.05, 4.69) is 42.2 Å². The normalized spacial score (nSPS) is 30.8. The van der Waals surface area contributed by atoms with Gasteiger partial charge in [0.15, 0.2) is 0 Å². The van der Waals surface area contributed by atoms with Crippen LogP contribution in [0.15, 0.2) is 36.5 Å². The van der Waals surface area contributed by atoms with Gasteiger partial charge >= 0.3 is 0 Å². The highest BCUT2D eigenvalue weighted by Crippen LogP contribution is 2.52. The lowest BCUT2D eigenvalue weighted by Crippen LogP contribution is -2.47. The van der Waals surface area contributed by atoms with Gasteiger partial charge in [0.1, 0.15) is 5.60 Å². The SMILES string of the molecule is Cc1ccc(C)c(CN2C[C@@]34C=C[C@@H](O3)C(C(=O)N3CCc5[nH]ncc5C3)C4C2=O)c1. The lowest BCUT2D eigenvalue weighted by Gasteiger charge is -2.32. The average molecular weight is 418 g/mol. The Balaban J connectivity index is 1.26. The first-order valence-electron chi connectivity index (χ1n) is 11.0. The molecule has 2 aromatic rings. The Hall–Kier alpha value is -2.93. The Bertz CT molecular complexity index is 1120. The number of carbonyl (C=O) groups is 2. The first-order chi connectivity index (χ1) is 14.9. The average Bonchev–Trinajstić information content (AvgIpc) is 3.51. The van der Waals surface area contributed by atoms with Crippen LogP contribution < -0.4 is 0 Å². The van der Waals surface area contributed by atoms with Gasteiger partial charge in [0.25, 0.3) is 0 Å². The van der Waals surface area contributed by atoms with Crippen molar-refractivity contribution in [2.75, 3.05) is 13.1 Å². The van der Waals surface area contributed by atoms with E-state index in [9.17, 15) is 9.59 Å². The zero-order valence-electron chi connectivity index (χ0n) is 17.8. The van der Waals surface area contributed by atoms with Crippen molar-refractivity contribution >= 4 is 11.8 Å². The van der Waals surface area contributed by atoms with Crippen molar-refractivity contribution in [1.29, 1.82) is 0 Å². The summed E-state index contributed by atoms with van der Waals surface area (Å²) in [6.07, 6.45) is 6.26. The van der Waals surface area contributed by atoms with Crippen LogP contribution >= 0.6 is 0 Å². The van der Waals surface area contributed by atoms with Crippen molar-refractivity contribution in [3.63, 3.8) is 0 Å². The van der Waals surface area contributed by atoms with Crippen molar-refractivity contribution in [2.45, 2.75) is 45.1 Å². The van der Waals surface area contributed by atoms with Gasteiger partial charge in [-0.25, -0.2) is 0 Å². The van der Waals surface area contributed by atoms with Gasteiger partial charge in [-0.05, 0) is 25.0 Å². The fourth-order valence-corrected chi connectivity index (χ4v) is 5.79. The van der Waals surface area contributed by atoms with Gasteiger partial charge in [0.05, 0.1) is 30.7 Å². The molecule has 1 aromatic heterocycles. The predicted molar refractivity (Wildman–Crippen MR) is 113 cm³/mol. The van der Waals surface area contributed by atoms with Gasteiger partial charge < -0.3 is 14.5 Å². The smallest absolute Gasteiger partial charge is 0.230 e. The monoisotopic (exact) mass is 418 g/mol. The number of likely N-dealkylation sites (tertiary alicyclic amines) is 1. The minimum Gasteiger partial charge on any atom is -0.360 e. The largest absolute Gasteiger partial charge is 0.360 e. The predicted octanol–water partition coefficient (Wildman–Crippen LogP) is 1.89. The van der Waals surface area contributed by atoms with Crippen LogP contribution in [0.25, 0.3) is 0 Å². The van der Waals surface area contributed by atoms with E-state index in [1.54, 1.807) is 6.20 Å². The third kappa shape index (κ3) is 2.72. The summed E-state index contributed by atoms with van der Waals surface area (Å²) in [4.78, 5) is 30.9. The maximum Gasteiger partial charge on any atom is 0.230 e. The van der Waals surface area contributed by atoms with Crippen LogP contribution in [0.3, 0.4) is 0 Å². The highest BCUT2D eigenvalue weighted by Gasteiger charge is 2.67. The molecule has 2 amide bonds. The fourth-order valence-electron chi connectivity index (χ4n) is 5.79. The van der Waals surface area contributed by atoms with E-state index in [4.69, 9.17) is 4.74 Å². The second-order valence-electron chi connectivity index (χ2n) is 9.41. The minimum atomic E-state index is -0.670. The van der Waals surface area contributed by atoms with Gasteiger partial charge in [-0.1, -0.05) is 35.9 Å². The summed E-state index contributed by atoms with van der Waals surface area (Å²) in [7, 11) is 0. The number of nitrogens with zero attached hydrogens (tertiary/aromatic N) is 3. The van der Waals surface area contributed by atoms with Crippen molar-refractivity contribution in [2.24, 2.45) is 11.8 Å². The maximum absolute atomic E-state index is 13.6. The summed E-state index contributed by atoms with van der Waals surface area (Å²) >= 11 is 0. The van der Waals surface area contributed by atoms with Crippen LogP contribution in [0.4, 0.5) is 0 Å². The molecular formula is C24H26N4O3. The molecule has 0 aliphatic carbocycles. The number of rotatable bonds is 3. The molecule has 1 aromatic carbocycles. The number of carbonyl (C=O) groups excluding carboxylic acids is 2. The van der Waals surface area contributed by atoms with E-state index in [1.807, 2.05) is 22.0 Å². The molecule has 0 saturated carbocycles. The molecule has 4 aliphatic rings. The van der Waals surface area contributed by atoms with Crippen LogP contribution in [0.2, 0.25) is 0 Å². The number of H-pyrrole nitrogens is 1. The Morgan fingerprint density at radius 1 is 1.35 bits per heavy atom. The quantitative estimate of drug-likeness (QED) is 0.773. The molecule has 2 saturated heterocycles. The zero-order valence-corrected chi connectivity index (χ0v) is 17.8. The molecule has 4 atom stereocenters. The minimum absolute atomic E-state index is 0.0232. The third-order valence-corrected chi connectivity index (χ3v) is 7.44. The lowest BCUT2D eigenvalue weighted by molar-refractivity contribution is -0.144. The second kappa shape index (κ2) is 6.53. The van der Waals surface area contributed by atoms with E-state index < -0.39 is 17.4 Å². The summed E-state index contributed by atoms with van der Waals surface area (Å²) in [5, 5.41) is 7.11. The number of amides is 2. The Morgan fingerprint density at radius 3 is 3.10 bits per heavy atom. The van der Waals surface area contributed by atoms with Crippen molar-refractivity contribution < 1.29 is 14.3 Å². The molecule has 31 heavy (non-hydrogen) atoms. The van der Waals surface area contributed by atoms with Crippen molar-refractivity contribution in [3.05, 3.63) is 64.5 Å². The highest BCUT2D eigenvalue weighted by atomic mass is 16.5. The van der Waals surface area contributed by atoms with E-state index in [1.165, 1.54) is 11.1 Å². The number of fused-ring (bicyclic) bond motifs is 2. The summed E-state index contributed by atoms with van der Waals surface area (Å²) in [5.41, 5.74) is 4.99. The fraction of sp³-hybridized carbons (Fsp3) is 0.458. The molecule has 4 aliphatic heterocycles. The zero-order chi connectivity index (χ0) is 21.3. The standard InChI is InChI=1S/C24H26N4O3/c1-14-3-4-15(2)16(9-14)11-28-13-24-7-5-19(31-24)20(21(24)23(28)30)22(29)27-8-6-18-17(12-27)10-25-26-18/h3-5,7,9-10,19-21H,6,8,11-13H2,1-2H3,(H,25,26)/t19-,20?,21?,24-/m1/s1. The van der Waals surface area contributed by atoms with Crippen LogP contribution in [0, 0.1) is 25.7 Å². The molecule has 2 fully saturated rings. The molecule has 7 nitrogen and oxygen atoms in total. The number of ether oxygens (including phenoxy) is 1. The van der Waals surface area contributed by atoms with Crippen LogP contribution in [-0.4, -0.2) is 56.6 Å².